The van der Waals surface area contributed by atoms with Crippen LogP contribution in [0, 0.1) is 0 Å². The molecule has 0 saturated carbocycles. The van der Waals surface area contributed by atoms with E-state index in [1.807, 2.05) is 0 Å². The first-order chi connectivity index (χ1) is 5.20. The fourth-order valence-electron chi connectivity index (χ4n) is 0.636. The Kier molecular flexibility index (Phi) is 5.25. The Balaban J connectivity index is 3.43. The Bertz CT molecular complexity index is 134. The van der Waals surface area contributed by atoms with Crippen LogP contribution in [-0.2, 0) is 4.79 Å². The highest BCUT2D eigenvalue weighted by Gasteiger charge is 1.99. The van der Waals surface area contributed by atoms with Crippen molar-refractivity contribution >= 4 is 5.91 Å². The zero-order chi connectivity index (χ0) is 8.69. The zero-order valence-corrected chi connectivity index (χ0v) is 7.26. The van der Waals surface area contributed by atoms with Crippen molar-refractivity contribution in [3.63, 3.8) is 0 Å². The summed E-state index contributed by atoms with van der Waals surface area (Å²) in [4.78, 5) is 11.0. The second kappa shape index (κ2) is 5.77. The minimum atomic E-state index is 0.0502. The quantitative estimate of drug-likeness (QED) is 0.608. The number of rotatable bonds is 5. The summed E-state index contributed by atoms with van der Waals surface area (Å²) in [5, 5.41) is 1.55. The summed E-state index contributed by atoms with van der Waals surface area (Å²) in [5.74, 6) is 0.0502. The van der Waals surface area contributed by atoms with Gasteiger partial charge in [0.05, 0.1) is 0 Å². The first kappa shape index (κ1) is 10.0. The highest BCUT2D eigenvalue weighted by molar-refractivity contribution is 5.75. The molecule has 0 heterocycles. The molecule has 0 bridgehead atoms. The number of unbranched alkanes of at least 4 members (excludes halogenated alkanes) is 1. The normalized spacial score (nSPS) is 8.91. The lowest BCUT2D eigenvalue weighted by Gasteiger charge is -2.14. The van der Waals surface area contributed by atoms with Crippen molar-refractivity contribution in [2.24, 2.45) is 0 Å². The Morgan fingerprint density at radius 2 is 2.36 bits per heavy atom. The van der Waals surface area contributed by atoms with Gasteiger partial charge in [-0.1, -0.05) is 19.9 Å². The van der Waals surface area contributed by atoms with Gasteiger partial charge in [-0.2, -0.15) is 0 Å². The van der Waals surface area contributed by atoms with Gasteiger partial charge in [0.1, 0.15) is 0 Å². The maximum absolute atomic E-state index is 11.0. The number of carbonyl (C=O) groups excluding carboxylic acids is 1. The van der Waals surface area contributed by atoms with Gasteiger partial charge in [0.15, 0.2) is 0 Å². The van der Waals surface area contributed by atoms with Crippen molar-refractivity contribution in [2.75, 3.05) is 7.05 Å². The van der Waals surface area contributed by atoms with Crippen LogP contribution in [0.2, 0.25) is 0 Å². The Labute approximate surface area is 68.0 Å². The van der Waals surface area contributed by atoms with E-state index < -0.39 is 0 Å². The number of carbonyl (C=O) groups is 1. The second-order valence-electron chi connectivity index (χ2n) is 2.43. The van der Waals surface area contributed by atoms with Crippen molar-refractivity contribution < 1.29 is 4.79 Å². The highest BCUT2D eigenvalue weighted by atomic mass is 16.2. The van der Waals surface area contributed by atoms with Crippen LogP contribution >= 0.6 is 0 Å². The summed E-state index contributed by atoms with van der Waals surface area (Å²) in [5.41, 5.74) is 2.64. The predicted octanol–water partition coefficient (Wildman–Crippen LogP) is 1.28. The van der Waals surface area contributed by atoms with Gasteiger partial charge in [0, 0.05) is 19.7 Å². The summed E-state index contributed by atoms with van der Waals surface area (Å²) in [6.45, 7) is 5.57. The third kappa shape index (κ3) is 5.45. The van der Waals surface area contributed by atoms with E-state index in [4.69, 9.17) is 0 Å². The van der Waals surface area contributed by atoms with E-state index in [2.05, 4.69) is 18.9 Å². The molecule has 1 N–H and O–H groups in total. The number of hydrogen-bond donors (Lipinski definition) is 1. The molecule has 0 aromatic rings. The van der Waals surface area contributed by atoms with Crippen LogP contribution in [-0.4, -0.2) is 18.0 Å². The molecule has 1 amide bonds. The summed E-state index contributed by atoms with van der Waals surface area (Å²) >= 11 is 0. The summed E-state index contributed by atoms with van der Waals surface area (Å²) in [6.07, 6.45) is 4.14. The van der Waals surface area contributed by atoms with Crippen LogP contribution in [0.5, 0.6) is 0 Å². The van der Waals surface area contributed by atoms with Gasteiger partial charge in [0.2, 0.25) is 5.91 Å². The predicted molar refractivity (Wildman–Crippen MR) is 45.6 cm³/mol. The van der Waals surface area contributed by atoms with E-state index in [0.717, 1.165) is 12.8 Å². The molecular weight excluding hydrogens is 140 g/mol. The molecular formula is C8H16N2O. The molecule has 0 saturated heterocycles. The van der Waals surface area contributed by atoms with E-state index in [0.29, 0.717) is 6.42 Å². The van der Waals surface area contributed by atoms with Gasteiger partial charge in [-0.15, -0.1) is 0 Å². The van der Waals surface area contributed by atoms with E-state index in [1.54, 1.807) is 18.3 Å². The summed E-state index contributed by atoms with van der Waals surface area (Å²) in [6, 6.07) is 0. The van der Waals surface area contributed by atoms with Crippen molar-refractivity contribution in [2.45, 2.75) is 26.2 Å². The van der Waals surface area contributed by atoms with Gasteiger partial charge >= 0.3 is 0 Å². The molecule has 0 atom stereocenters. The zero-order valence-electron chi connectivity index (χ0n) is 7.26. The lowest BCUT2D eigenvalue weighted by Crippen LogP contribution is -2.34. The minimum Gasteiger partial charge on any atom is -0.297 e. The van der Waals surface area contributed by atoms with Crippen LogP contribution in [0.3, 0.4) is 0 Å². The molecule has 0 aliphatic carbocycles. The minimum absolute atomic E-state index is 0.0502. The molecule has 0 aliphatic rings. The standard InChI is InChI=1S/C8H16N2O/c1-4-6-7-8(11)9-10(3)5-2/h5H,2,4,6-7H2,1,3H3,(H,9,11). The Morgan fingerprint density at radius 3 is 2.82 bits per heavy atom. The van der Waals surface area contributed by atoms with Crippen LogP contribution in [0.25, 0.3) is 0 Å². The molecule has 64 valence electrons. The second-order valence-corrected chi connectivity index (χ2v) is 2.43. The van der Waals surface area contributed by atoms with Gasteiger partial charge in [-0.3, -0.25) is 15.2 Å². The molecule has 0 aliphatic heterocycles. The summed E-state index contributed by atoms with van der Waals surface area (Å²) in [7, 11) is 1.75. The Hall–Kier alpha value is -0.990. The molecule has 3 heteroatoms. The molecule has 11 heavy (non-hydrogen) atoms. The maximum Gasteiger partial charge on any atom is 0.238 e. The number of nitrogens with one attached hydrogen (secondary N) is 1. The van der Waals surface area contributed by atoms with Crippen LogP contribution < -0.4 is 5.43 Å². The van der Waals surface area contributed by atoms with Crippen LogP contribution in [0.15, 0.2) is 12.8 Å². The Morgan fingerprint density at radius 1 is 1.73 bits per heavy atom. The SMILES string of the molecule is C=CN(C)NC(=O)CCCC. The number of hydrazine groups is 1. The van der Waals surface area contributed by atoms with Gasteiger partial charge < -0.3 is 0 Å². The van der Waals surface area contributed by atoms with E-state index in [9.17, 15) is 4.79 Å². The van der Waals surface area contributed by atoms with Gasteiger partial charge in [-0.25, -0.2) is 0 Å². The summed E-state index contributed by atoms with van der Waals surface area (Å²) < 4.78 is 0. The average molecular weight is 156 g/mol. The third-order valence-corrected chi connectivity index (χ3v) is 1.33. The van der Waals surface area contributed by atoms with E-state index >= 15 is 0 Å². The van der Waals surface area contributed by atoms with Crippen molar-refractivity contribution in [1.29, 1.82) is 0 Å². The lowest BCUT2D eigenvalue weighted by atomic mass is 10.2. The largest absolute Gasteiger partial charge is 0.297 e. The van der Waals surface area contributed by atoms with Crippen molar-refractivity contribution in [3.05, 3.63) is 12.8 Å². The van der Waals surface area contributed by atoms with Crippen molar-refractivity contribution in [1.82, 2.24) is 10.4 Å². The number of hydrogen-bond acceptors (Lipinski definition) is 2. The number of nitrogens with zero attached hydrogens (tertiary/aromatic N) is 1. The molecule has 0 spiro atoms. The third-order valence-electron chi connectivity index (χ3n) is 1.33. The molecule has 0 radical (unpaired) electrons. The van der Waals surface area contributed by atoms with Crippen LogP contribution in [0.4, 0.5) is 0 Å². The van der Waals surface area contributed by atoms with E-state index in [-0.39, 0.29) is 5.91 Å². The molecule has 0 unspecified atom stereocenters. The molecule has 3 nitrogen and oxygen atoms in total. The molecule has 0 fully saturated rings. The molecule has 0 aromatic carbocycles. The topological polar surface area (TPSA) is 32.3 Å². The van der Waals surface area contributed by atoms with Gasteiger partial charge in [0.25, 0.3) is 0 Å². The monoisotopic (exact) mass is 156 g/mol. The molecule has 0 rings (SSSR count). The lowest BCUT2D eigenvalue weighted by molar-refractivity contribution is -0.124. The fraction of sp³-hybridized carbons (Fsp3) is 0.625. The first-order valence-electron chi connectivity index (χ1n) is 3.85. The fourth-order valence-corrected chi connectivity index (χ4v) is 0.636. The van der Waals surface area contributed by atoms with Gasteiger partial charge in [-0.05, 0) is 6.42 Å². The van der Waals surface area contributed by atoms with E-state index in [1.165, 1.54) is 0 Å². The average Bonchev–Trinajstić information content (AvgIpc) is 2.00. The first-order valence-corrected chi connectivity index (χ1v) is 3.85. The number of amides is 1. The van der Waals surface area contributed by atoms with Crippen molar-refractivity contribution in [3.8, 4) is 0 Å². The highest BCUT2D eigenvalue weighted by Crippen LogP contribution is 1.93. The maximum atomic E-state index is 11.0. The van der Waals surface area contributed by atoms with Crippen LogP contribution in [0.1, 0.15) is 26.2 Å². The smallest absolute Gasteiger partial charge is 0.238 e. The molecule has 0 aromatic heterocycles.